The first-order chi connectivity index (χ1) is 8.08. The minimum Gasteiger partial charge on any atom is -0.307 e. The lowest BCUT2D eigenvalue weighted by Gasteiger charge is -2.34. The molecule has 0 amide bonds. The van der Waals surface area contributed by atoms with Crippen molar-refractivity contribution in [1.82, 2.24) is 5.32 Å². The number of benzene rings is 1. The summed E-state index contributed by atoms with van der Waals surface area (Å²) in [7, 11) is 0. The average molecular weight is 239 g/mol. The van der Waals surface area contributed by atoms with Crippen molar-refractivity contribution >= 4 is 0 Å². The number of hydrogen-bond acceptors (Lipinski definition) is 1. The maximum Gasteiger partial charge on any atom is 0.159 e. The van der Waals surface area contributed by atoms with Crippen molar-refractivity contribution in [1.29, 1.82) is 0 Å². The Bertz CT molecular complexity index is 388. The molecule has 2 atom stereocenters. The van der Waals surface area contributed by atoms with Crippen LogP contribution in [0.25, 0.3) is 0 Å². The molecule has 1 saturated carbocycles. The van der Waals surface area contributed by atoms with Crippen molar-refractivity contribution < 1.29 is 8.78 Å². The van der Waals surface area contributed by atoms with Crippen molar-refractivity contribution in [2.75, 3.05) is 0 Å². The van der Waals surface area contributed by atoms with E-state index in [1.165, 1.54) is 31.4 Å². The van der Waals surface area contributed by atoms with Gasteiger partial charge in [-0.2, -0.15) is 0 Å². The predicted octanol–water partition coefficient (Wildman–Crippen LogP) is 3.80. The van der Waals surface area contributed by atoms with Crippen LogP contribution in [0.1, 0.15) is 44.7 Å². The Morgan fingerprint density at radius 1 is 1.18 bits per heavy atom. The summed E-state index contributed by atoms with van der Waals surface area (Å²) in [5.74, 6) is -0.816. The number of hydrogen-bond donors (Lipinski definition) is 1. The van der Waals surface area contributed by atoms with E-state index in [1.807, 2.05) is 6.92 Å². The van der Waals surface area contributed by atoms with Crippen LogP contribution in [-0.4, -0.2) is 6.04 Å². The second-order valence-electron chi connectivity index (χ2n) is 5.04. The van der Waals surface area contributed by atoms with Crippen LogP contribution < -0.4 is 5.32 Å². The molecule has 1 nitrogen and oxygen atoms in total. The Morgan fingerprint density at radius 3 is 2.41 bits per heavy atom. The van der Waals surface area contributed by atoms with Crippen LogP contribution in [0.2, 0.25) is 0 Å². The van der Waals surface area contributed by atoms with Crippen molar-refractivity contribution in [3.8, 4) is 0 Å². The Hall–Kier alpha value is -0.960. The highest BCUT2D eigenvalue weighted by Crippen LogP contribution is 2.30. The van der Waals surface area contributed by atoms with E-state index < -0.39 is 11.6 Å². The van der Waals surface area contributed by atoms with Crippen molar-refractivity contribution in [3.05, 3.63) is 35.4 Å². The molecule has 0 aliphatic heterocycles. The molecule has 0 bridgehead atoms. The van der Waals surface area contributed by atoms with Crippen LogP contribution in [0, 0.1) is 17.6 Å². The topological polar surface area (TPSA) is 12.0 Å². The SMILES string of the molecule is CC(NC(C)C1CCC1)c1ccc(F)c(F)c1. The largest absolute Gasteiger partial charge is 0.307 e. The zero-order valence-electron chi connectivity index (χ0n) is 10.3. The summed E-state index contributed by atoms with van der Waals surface area (Å²) in [5, 5.41) is 3.46. The highest BCUT2D eigenvalue weighted by Gasteiger charge is 2.25. The van der Waals surface area contributed by atoms with Crippen LogP contribution in [0.15, 0.2) is 18.2 Å². The molecule has 94 valence electrons. The summed E-state index contributed by atoms with van der Waals surface area (Å²) >= 11 is 0. The molecule has 0 aromatic heterocycles. The summed E-state index contributed by atoms with van der Waals surface area (Å²) in [6, 6.07) is 4.61. The first-order valence-corrected chi connectivity index (χ1v) is 6.29. The van der Waals surface area contributed by atoms with Gasteiger partial charge in [0.2, 0.25) is 0 Å². The van der Waals surface area contributed by atoms with Gasteiger partial charge in [0.05, 0.1) is 0 Å². The number of rotatable bonds is 4. The molecule has 0 heterocycles. The number of halogens is 2. The molecule has 17 heavy (non-hydrogen) atoms. The molecule has 1 aromatic carbocycles. The zero-order chi connectivity index (χ0) is 12.4. The normalized spacial score (nSPS) is 19.8. The van der Waals surface area contributed by atoms with Crippen LogP contribution in [0.3, 0.4) is 0 Å². The van der Waals surface area contributed by atoms with E-state index in [4.69, 9.17) is 0 Å². The van der Waals surface area contributed by atoms with E-state index in [0.29, 0.717) is 6.04 Å². The Morgan fingerprint density at radius 2 is 1.88 bits per heavy atom. The third-order valence-electron chi connectivity index (χ3n) is 3.81. The highest BCUT2D eigenvalue weighted by molar-refractivity contribution is 5.20. The van der Waals surface area contributed by atoms with Crippen LogP contribution >= 0.6 is 0 Å². The molecule has 0 radical (unpaired) electrons. The molecule has 1 N–H and O–H groups in total. The van der Waals surface area contributed by atoms with E-state index in [9.17, 15) is 8.78 Å². The van der Waals surface area contributed by atoms with Gasteiger partial charge >= 0.3 is 0 Å². The van der Waals surface area contributed by atoms with Crippen LogP contribution in [-0.2, 0) is 0 Å². The molecule has 2 rings (SSSR count). The third-order valence-corrected chi connectivity index (χ3v) is 3.81. The Labute approximate surface area is 101 Å². The molecule has 0 spiro atoms. The predicted molar refractivity (Wildman–Crippen MR) is 64.7 cm³/mol. The Kier molecular flexibility index (Phi) is 3.77. The summed E-state index contributed by atoms with van der Waals surface area (Å²) in [4.78, 5) is 0. The average Bonchev–Trinajstić information content (AvgIpc) is 2.19. The van der Waals surface area contributed by atoms with E-state index in [1.54, 1.807) is 6.07 Å². The maximum atomic E-state index is 13.1. The second-order valence-corrected chi connectivity index (χ2v) is 5.04. The molecular formula is C14H19F2N. The van der Waals surface area contributed by atoms with Gasteiger partial charge in [-0.15, -0.1) is 0 Å². The quantitative estimate of drug-likeness (QED) is 0.842. The van der Waals surface area contributed by atoms with Gasteiger partial charge in [0.15, 0.2) is 11.6 Å². The van der Waals surface area contributed by atoms with E-state index in [0.717, 1.165) is 11.5 Å². The molecule has 2 unspecified atom stereocenters. The van der Waals surface area contributed by atoms with Gasteiger partial charge < -0.3 is 5.32 Å². The second kappa shape index (κ2) is 5.13. The molecule has 1 aromatic rings. The van der Waals surface area contributed by atoms with Gasteiger partial charge in [-0.1, -0.05) is 12.5 Å². The third kappa shape index (κ3) is 2.83. The van der Waals surface area contributed by atoms with Crippen LogP contribution in [0.5, 0.6) is 0 Å². The molecule has 3 heteroatoms. The van der Waals surface area contributed by atoms with Gasteiger partial charge in [-0.25, -0.2) is 8.78 Å². The lowest BCUT2D eigenvalue weighted by atomic mass is 9.80. The van der Waals surface area contributed by atoms with Crippen molar-refractivity contribution in [2.24, 2.45) is 5.92 Å². The minimum atomic E-state index is -0.784. The minimum absolute atomic E-state index is 0.0562. The monoisotopic (exact) mass is 239 g/mol. The smallest absolute Gasteiger partial charge is 0.159 e. The maximum absolute atomic E-state index is 13.1. The van der Waals surface area contributed by atoms with E-state index in [2.05, 4.69) is 12.2 Å². The van der Waals surface area contributed by atoms with Gasteiger partial charge in [0, 0.05) is 12.1 Å². The van der Waals surface area contributed by atoms with Gasteiger partial charge in [-0.3, -0.25) is 0 Å². The fourth-order valence-corrected chi connectivity index (χ4v) is 2.35. The van der Waals surface area contributed by atoms with Crippen LogP contribution in [0.4, 0.5) is 8.78 Å². The molecule has 1 fully saturated rings. The first kappa shape index (κ1) is 12.5. The molecular weight excluding hydrogens is 220 g/mol. The summed E-state index contributed by atoms with van der Waals surface area (Å²) < 4.78 is 25.9. The van der Waals surface area contributed by atoms with Gasteiger partial charge in [-0.05, 0) is 50.3 Å². The molecule has 0 saturated heterocycles. The standard InChI is InChI=1S/C14H19F2N/c1-9(11-4-3-5-11)17-10(2)12-6-7-13(15)14(16)8-12/h6-11,17H,3-5H2,1-2H3. The summed E-state index contributed by atoms with van der Waals surface area (Å²) in [5.41, 5.74) is 0.801. The lowest BCUT2D eigenvalue weighted by molar-refractivity contribution is 0.229. The first-order valence-electron chi connectivity index (χ1n) is 6.29. The lowest BCUT2D eigenvalue weighted by Crippen LogP contribution is -2.38. The van der Waals surface area contributed by atoms with Crippen molar-refractivity contribution in [3.63, 3.8) is 0 Å². The summed E-state index contributed by atoms with van der Waals surface area (Å²) in [6.07, 6.45) is 3.87. The fourth-order valence-electron chi connectivity index (χ4n) is 2.35. The van der Waals surface area contributed by atoms with E-state index in [-0.39, 0.29) is 6.04 Å². The van der Waals surface area contributed by atoms with E-state index >= 15 is 0 Å². The highest BCUT2D eigenvalue weighted by atomic mass is 19.2. The molecule has 1 aliphatic rings. The van der Waals surface area contributed by atoms with Crippen molar-refractivity contribution in [2.45, 2.75) is 45.2 Å². The fraction of sp³-hybridized carbons (Fsp3) is 0.571. The van der Waals surface area contributed by atoms with Gasteiger partial charge in [0.25, 0.3) is 0 Å². The Balaban J connectivity index is 1.98. The van der Waals surface area contributed by atoms with Gasteiger partial charge in [0.1, 0.15) is 0 Å². The molecule has 1 aliphatic carbocycles. The number of nitrogens with one attached hydrogen (secondary N) is 1. The summed E-state index contributed by atoms with van der Waals surface area (Å²) in [6.45, 7) is 4.15. The zero-order valence-corrected chi connectivity index (χ0v) is 10.3.